The molecule has 0 aromatic heterocycles. The van der Waals surface area contributed by atoms with Gasteiger partial charge in [0, 0.05) is 25.1 Å². The first-order valence-corrected chi connectivity index (χ1v) is 5.83. The van der Waals surface area contributed by atoms with Crippen molar-refractivity contribution in [3.05, 3.63) is 0 Å². The molecule has 1 fully saturated rings. The Hall–Kier alpha value is -0.610. The molecule has 0 radical (unpaired) electrons. The number of hydrogen-bond donors (Lipinski definition) is 3. The average molecular weight is 214 g/mol. The van der Waals surface area contributed by atoms with Crippen LogP contribution in [-0.4, -0.2) is 29.7 Å². The topological polar surface area (TPSA) is 75.3 Å². The molecule has 2 unspecified atom stereocenters. The third-order valence-corrected chi connectivity index (χ3v) is 2.98. The van der Waals surface area contributed by atoms with Gasteiger partial charge in [-0.1, -0.05) is 6.92 Å². The van der Waals surface area contributed by atoms with Crippen LogP contribution in [-0.2, 0) is 4.79 Å². The molecule has 4 nitrogen and oxygen atoms in total. The molecule has 4 N–H and O–H groups in total. The third kappa shape index (κ3) is 4.62. The molecule has 88 valence electrons. The fraction of sp³-hybridized carbons (Fsp3) is 0.909. The molecule has 4 heteroatoms. The molecule has 1 saturated carbocycles. The number of aliphatic hydroxyl groups is 1. The Labute approximate surface area is 91.2 Å². The van der Waals surface area contributed by atoms with E-state index >= 15 is 0 Å². The van der Waals surface area contributed by atoms with Gasteiger partial charge >= 0.3 is 0 Å². The summed E-state index contributed by atoms with van der Waals surface area (Å²) in [5.74, 6) is 0.586. The molecule has 1 aliphatic rings. The van der Waals surface area contributed by atoms with Gasteiger partial charge in [0.05, 0.1) is 0 Å². The molecule has 0 bridgehead atoms. The van der Waals surface area contributed by atoms with Crippen molar-refractivity contribution in [3.8, 4) is 0 Å². The van der Waals surface area contributed by atoms with Gasteiger partial charge in [0.2, 0.25) is 5.91 Å². The maximum Gasteiger partial charge on any atom is 0.221 e. The second kappa shape index (κ2) is 6.08. The van der Waals surface area contributed by atoms with Gasteiger partial charge in [-0.05, 0) is 31.6 Å². The number of nitrogens with one attached hydrogen (secondary N) is 1. The minimum absolute atomic E-state index is 0.0229. The molecule has 0 spiro atoms. The number of aliphatic hydroxyl groups excluding tert-OH is 1. The third-order valence-electron chi connectivity index (χ3n) is 2.98. The predicted octanol–water partition coefficient (Wildman–Crippen LogP) is 0.391. The van der Waals surface area contributed by atoms with E-state index in [4.69, 9.17) is 10.8 Å². The zero-order valence-electron chi connectivity index (χ0n) is 9.41. The summed E-state index contributed by atoms with van der Waals surface area (Å²) in [6.07, 6.45) is 4.24. The van der Waals surface area contributed by atoms with Gasteiger partial charge in [0.1, 0.15) is 0 Å². The molecule has 0 aromatic rings. The van der Waals surface area contributed by atoms with E-state index in [2.05, 4.69) is 5.32 Å². The summed E-state index contributed by atoms with van der Waals surface area (Å²) in [5, 5.41) is 11.7. The van der Waals surface area contributed by atoms with Crippen molar-refractivity contribution in [1.82, 2.24) is 5.32 Å². The van der Waals surface area contributed by atoms with Crippen molar-refractivity contribution in [2.24, 2.45) is 11.7 Å². The molecule has 0 heterocycles. The van der Waals surface area contributed by atoms with E-state index < -0.39 is 0 Å². The predicted molar refractivity (Wildman–Crippen MR) is 59.2 cm³/mol. The molecular weight excluding hydrogens is 192 g/mol. The minimum atomic E-state index is 0.0229. The van der Waals surface area contributed by atoms with Crippen LogP contribution in [0.15, 0.2) is 0 Å². The fourth-order valence-electron chi connectivity index (χ4n) is 1.73. The normalized spacial score (nSPS) is 19.7. The van der Waals surface area contributed by atoms with Crippen molar-refractivity contribution < 1.29 is 9.90 Å². The zero-order chi connectivity index (χ0) is 11.3. The first-order valence-electron chi connectivity index (χ1n) is 5.83. The van der Waals surface area contributed by atoms with Crippen molar-refractivity contribution in [1.29, 1.82) is 0 Å². The zero-order valence-corrected chi connectivity index (χ0v) is 9.41. The lowest BCUT2D eigenvalue weighted by atomic mass is 10.1. The van der Waals surface area contributed by atoms with Crippen LogP contribution in [0.1, 0.15) is 39.0 Å². The van der Waals surface area contributed by atoms with Crippen LogP contribution < -0.4 is 11.1 Å². The van der Waals surface area contributed by atoms with Gasteiger partial charge in [-0.15, -0.1) is 0 Å². The summed E-state index contributed by atoms with van der Waals surface area (Å²) in [4.78, 5) is 11.6. The number of rotatable bonds is 7. The second-order valence-electron chi connectivity index (χ2n) is 4.39. The van der Waals surface area contributed by atoms with Gasteiger partial charge in [-0.3, -0.25) is 4.79 Å². The minimum Gasteiger partial charge on any atom is -0.396 e. The van der Waals surface area contributed by atoms with E-state index in [1.165, 1.54) is 12.8 Å². The number of carbonyl (C=O) groups is 1. The van der Waals surface area contributed by atoms with Crippen LogP contribution in [0.3, 0.4) is 0 Å². The smallest absolute Gasteiger partial charge is 0.221 e. The Morgan fingerprint density at radius 3 is 2.73 bits per heavy atom. The van der Waals surface area contributed by atoms with Gasteiger partial charge < -0.3 is 16.2 Å². The lowest BCUT2D eigenvalue weighted by molar-refractivity contribution is -0.122. The summed E-state index contributed by atoms with van der Waals surface area (Å²) in [6, 6.07) is 0.116. The average Bonchev–Trinajstić information content (AvgIpc) is 2.99. The van der Waals surface area contributed by atoms with Crippen molar-refractivity contribution >= 4 is 5.91 Å². The SMILES string of the molecule is CCC(CCO)NC(=O)CC(N)C1CC1. The quantitative estimate of drug-likeness (QED) is 0.574. The van der Waals surface area contributed by atoms with Gasteiger partial charge in [-0.25, -0.2) is 0 Å². The van der Waals surface area contributed by atoms with E-state index in [0.29, 0.717) is 18.8 Å². The standard InChI is InChI=1S/C11H22N2O2/c1-2-9(5-6-14)13-11(15)7-10(12)8-3-4-8/h8-10,14H,2-7,12H2,1H3,(H,13,15). The Balaban J connectivity index is 2.20. The highest BCUT2D eigenvalue weighted by molar-refractivity contribution is 5.76. The molecule has 2 atom stereocenters. The molecule has 0 aromatic carbocycles. The monoisotopic (exact) mass is 214 g/mol. The Morgan fingerprint density at radius 2 is 2.27 bits per heavy atom. The van der Waals surface area contributed by atoms with E-state index in [9.17, 15) is 4.79 Å². The first-order chi connectivity index (χ1) is 7.17. The van der Waals surface area contributed by atoms with Crippen LogP contribution in [0.25, 0.3) is 0 Å². The lowest BCUT2D eigenvalue weighted by Crippen LogP contribution is -2.39. The van der Waals surface area contributed by atoms with Gasteiger partial charge in [0.15, 0.2) is 0 Å². The van der Waals surface area contributed by atoms with Crippen LogP contribution in [0.2, 0.25) is 0 Å². The summed E-state index contributed by atoms with van der Waals surface area (Å²) >= 11 is 0. The van der Waals surface area contributed by atoms with E-state index in [1.807, 2.05) is 6.92 Å². The number of nitrogens with two attached hydrogens (primary N) is 1. The molecule has 1 amide bonds. The van der Waals surface area contributed by atoms with Gasteiger partial charge in [0.25, 0.3) is 0 Å². The van der Waals surface area contributed by atoms with E-state index in [0.717, 1.165) is 6.42 Å². The van der Waals surface area contributed by atoms with E-state index in [1.54, 1.807) is 0 Å². The molecule has 0 aliphatic heterocycles. The maximum atomic E-state index is 11.6. The largest absolute Gasteiger partial charge is 0.396 e. The first kappa shape index (κ1) is 12.5. The molecule has 0 saturated heterocycles. The summed E-state index contributed by atoms with van der Waals surface area (Å²) in [6.45, 7) is 2.12. The Bertz CT molecular complexity index is 205. The highest BCUT2D eigenvalue weighted by Gasteiger charge is 2.29. The van der Waals surface area contributed by atoms with Crippen molar-refractivity contribution in [2.45, 2.75) is 51.1 Å². The highest BCUT2D eigenvalue weighted by Crippen LogP contribution is 2.32. The summed E-state index contributed by atoms with van der Waals surface area (Å²) in [5.41, 5.74) is 5.86. The van der Waals surface area contributed by atoms with Crippen LogP contribution >= 0.6 is 0 Å². The Kier molecular flexibility index (Phi) is 5.05. The van der Waals surface area contributed by atoms with Crippen LogP contribution in [0, 0.1) is 5.92 Å². The number of carbonyl (C=O) groups excluding carboxylic acids is 1. The Morgan fingerprint density at radius 1 is 1.60 bits per heavy atom. The second-order valence-corrected chi connectivity index (χ2v) is 4.39. The summed E-state index contributed by atoms with van der Waals surface area (Å²) < 4.78 is 0. The molecule has 1 rings (SSSR count). The number of amides is 1. The van der Waals surface area contributed by atoms with Gasteiger partial charge in [-0.2, -0.15) is 0 Å². The van der Waals surface area contributed by atoms with Crippen LogP contribution in [0.5, 0.6) is 0 Å². The fourth-order valence-corrected chi connectivity index (χ4v) is 1.73. The van der Waals surface area contributed by atoms with Crippen LogP contribution in [0.4, 0.5) is 0 Å². The number of hydrogen-bond acceptors (Lipinski definition) is 3. The highest BCUT2D eigenvalue weighted by atomic mass is 16.3. The van der Waals surface area contributed by atoms with Crippen molar-refractivity contribution in [2.75, 3.05) is 6.61 Å². The van der Waals surface area contributed by atoms with Crippen molar-refractivity contribution in [3.63, 3.8) is 0 Å². The lowest BCUT2D eigenvalue weighted by Gasteiger charge is -2.17. The molecule has 15 heavy (non-hydrogen) atoms. The van der Waals surface area contributed by atoms with E-state index in [-0.39, 0.29) is 24.6 Å². The molecular formula is C11H22N2O2. The summed E-state index contributed by atoms with van der Waals surface area (Å²) in [7, 11) is 0. The molecule has 1 aliphatic carbocycles. The maximum absolute atomic E-state index is 11.6.